The predicted octanol–water partition coefficient (Wildman–Crippen LogP) is 2.94. The molecule has 0 saturated carbocycles. The highest BCUT2D eigenvalue weighted by atomic mass is 32.2. The number of sulfonamides is 1. The molecule has 29 heavy (non-hydrogen) atoms. The van der Waals surface area contributed by atoms with Gasteiger partial charge in [-0.1, -0.05) is 25.1 Å². The minimum Gasteiger partial charge on any atom is -0.481 e. The molecule has 0 bridgehead atoms. The fraction of sp³-hybridized carbons (Fsp3) is 0.381. The van der Waals surface area contributed by atoms with Gasteiger partial charge in [0.15, 0.2) is 6.10 Å². The summed E-state index contributed by atoms with van der Waals surface area (Å²) in [6, 6.07) is 15.2. The van der Waals surface area contributed by atoms with Gasteiger partial charge in [0.05, 0.1) is 11.0 Å². The Kier molecular flexibility index (Phi) is 7.24. The zero-order valence-corrected chi connectivity index (χ0v) is 17.2. The number of hydrogen-bond donors (Lipinski definition) is 2. The van der Waals surface area contributed by atoms with Crippen LogP contribution in [0, 0.1) is 0 Å². The molecule has 2 atom stereocenters. The third kappa shape index (κ3) is 6.03. The smallest absolute Gasteiger partial charge is 0.265 e. The van der Waals surface area contributed by atoms with Crippen molar-refractivity contribution < 1.29 is 22.7 Å². The van der Waals surface area contributed by atoms with E-state index >= 15 is 0 Å². The highest BCUT2D eigenvalue weighted by Gasteiger charge is 2.21. The van der Waals surface area contributed by atoms with Crippen molar-refractivity contribution in [2.24, 2.45) is 0 Å². The molecule has 1 fully saturated rings. The zero-order valence-electron chi connectivity index (χ0n) is 16.3. The first kappa shape index (κ1) is 21.3. The molecule has 156 valence electrons. The molecule has 7 nitrogen and oxygen atoms in total. The Morgan fingerprint density at radius 3 is 2.52 bits per heavy atom. The Morgan fingerprint density at radius 1 is 1.17 bits per heavy atom. The van der Waals surface area contributed by atoms with E-state index < -0.39 is 16.1 Å². The summed E-state index contributed by atoms with van der Waals surface area (Å²) in [5.74, 6) is 0.330. The molecule has 2 aromatic rings. The van der Waals surface area contributed by atoms with Gasteiger partial charge in [0.1, 0.15) is 5.75 Å². The molecule has 0 spiro atoms. The molecule has 3 rings (SSSR count). The number of para-hydroxylation sites is 1. The molecule has 0 radical (unpaired) electrons. The summed E-state index contributed by atoms with van der Waals surface area (Å²) in [6.07, 6.45) is 1.60. The highest BCUT2D eigenvalue weighted by Crippen LogP contribution is 2.18. The molecular weight excluding hydrogens is 392 g/mol. The van der Waals surface area contributed by atoms with Crippen molar-refractivity contribution in [2.75, 3.05) is 18.5 Å². The lowest BCUT2D eigenvalue weighted by molar-refractivity contribution is -0.122. The van der Waals surface area contributed by atoms with Gasteiger partial charge < -0.3 is 14.8 Å². The molecule has 1 saturated heterocycles. The third-order valence-corrected chi connectivity index (χ3v) is 6.08. The molecule has 8 heteroatoms. The average molecular weight is 419 g/mol. The predicted molar refractivity (Wildman–Crippen MR) is 110 cm³/mol. The van der Waals surface area contributed by atoms with Crippen LogP contribution in [-0.2, 0) is 19.6 Å². The Labute approximate surface area is 171 Å². The summed E-state index contributed by atoms with van der Waals surface area (Å²) < 4.78 is 38.5. The molecule has 0 aliphatic carbocycles. The van der Waals surface area contributed by atoms with E-state index in [1.165, 1.54) is 12.1 Å². The van der Waals surface area contributed by atoms with Crippen LogP contribution in [-0.4, -0.2) is 39.7 Å². The zero-order chi connectivity index (χ0) is 20.7. The maximum atomic E-state index is 12.5. The first-order valence-electron chi connectivity index (χ1n) is 9.72. The van der Waals surface area contributed by atoms with Crippen LogP contribution in [0.15, 0.2) is 59.5 Å². The van der Waals surface area contributed by atoms with Gasteiger partial charge >= 0.3 is 0 Å². The van der Waals surface area contributed by atoms with E-state index in [2.05, 4.69) is 10.0 Å². The van der Waals surface area contributed by atoms with E-state index in [0.29, 0.717) is 24.5 Å². The number of anilines is 1. The molecule has 1 aliphatic rings. The maximum absolute atomic E-state index is 12.5. The first-order valence-corrected chi connectivity index (χ1v) is 11.2. The number of carbonyl (C=O) groups is 1. The Morgan fingerprint density at radius 2 is 1.90 bits per heavy atom. The van der Waals surface area contributed by atoms with Crippen LogP contribution in [0.5, 0.6) is 5.75 Å². The Bertz CT molecular complexity index is 894. The molecule has 1 aliphatic heterocycles. The van der Waals surface area contributed by atoms with Crippen LogP contribution in [0.2, 0.25) is 0 Å². The summed E-state index contributed by atoms with van der Waals surface area (Å²) in [5, 5.41) is 2.77. The number of carbonyl (C=O) groups excluding carboxylic acids is 1. The van der Waals surface area contributed by atoms with E-state index in [9.17, 15) is 13.2 Å². The van der Waals surface area contributed by atoms with Crippen LogP contribution in [0.3, 0.4) is 0 Å². The summed E-state index contributed by atoms with van der Waals surface area (Å²) in [5.41, 5.74) is 0.503. The average Bonchev–Trinajstić information content (AvgIpc) is 3.25. The van der Waals surface area contributed by atoms with Crippen molar-refractivity contribution in [1.82, 2.24) is 4.72 Å². The number of hydrogen-bond acceptors (Lipinski definition) is 5. The van der Waals surface area contributed by atoms with E-state index in [0.717, 1.165) is 12.8 Å². The molecule has 1 heterocycles. The largest absolute Gasteiger partial charge is 0.481 e. The fourth-order valence-electron chi connectivity index (χ4n) is 3.02. The molecular formula is C21H26N2O5S. The molecule has 2 aromatic carbocycles. The summed E-state index contributed by atoms with van der Waals surface area (Å²) in [7, 11) is -3.62. The number of benzene rings is 2. The van der Waals surface area contributed by atoms with Crippen LogP contribution in [0.4, 0.5) is 5.69 Å². The van der Waals surface area contributed by atoms with Crippen molar-refractivity contribution in [2.45, 2.75) is 43.3 Å². The standard InChI is InChI=1S/C21H26N2O5S/c1-2-20(28-17-7-4-3-5-8-17)21(24)23-16-10-12-19(13-11-16)29(25,26)22-15-18-9-6-14-27-18/h3-5,7-8,10-13,18,20,22H,2,6,9,14-15H2,1H3,(H,23,24)/t18-,20-/m0/s1. The summed E-state index contributed by atoms with van der Waals surface area (Å²) in [4.78, 5) is 12.6. The lowest BCUT2D eigenvalue weighted by atomic mass is 10.2. The minimum absolute atomic E-state index is 0.0704. The number of rotatable bonds is 9. The Balaban J connectivity index is 1.58. The Hall–Kier alpha value is -2.42. The number of ether oxygens (including phenoxy) is 2. The van der Waals surface area contributed by atoms with Crippen molar-refractivity contribution in [1.29, 1.82) is 0 Å². The van der Waals surface area contributed by atoms with Crippen molar-refractivity contribution in [3.05, 3.63) is 54.6 Å². The number of nitrogens with one attached hydrogen (secondary N) is 2. The van der Waals surface area contributed by atoms with Crippen LogP contribution < -0.4 is 14.8 Å². The van der Waals surface area contributed by atoms with Crippen molar-refractivity contribution in [3.8, 4) is 5.75 Å². The summed E-state index contributed by atoms with van der Waals surface area (Å²) >= 11 is 0. The second kappa shape index (κ2) is 9.87. The highest BCUT2D eigenvalue weighted by molar-refractivity contribution is 7.89. The molecule has 0 aromatic heterocycles. The van der Waals surface area contributed by atoms with Crippen molar-refractivity contribution >= 4 is 21.6 Å². The van der Waals surface area contributed by atoms with Gasteiger partial charge in [0.25, 0.3) is 5.91 Å². The van der Waals surface area contributed by atoms with Crippen LogP contribution in [0.1, 0.15) is 26.2 Å². The number of amides is 1. The quantitative estimate of drug-likeness (QED) is 0.653. The second-order valence-corrected chi connectivity index (χ2v) is 8.60. The van der Waals surface area contributed by atoms with E-state index in [1.54, 1.807) is 24.3 Å². The normalized spacial score (nSPS) is 17.6. The lowest BCUT2D eigenvalue weighted by Gasteiger charge is -2.17. The fourth-order valence-corrected chi connectivity index (χ4v) is 4.08. The van der Waals surface area contributed by atoms with Gasteiger partial charge in [-0.05, 0) is 55.7 Å². The topological polar surface area (TPSA) is 93.7 Å². The minimum atomic E-state index is -3.62. The van der Waals surface area contributed by atoms with E-state index in [1.807, 2.05) is 25.1 Å². The molecule has 2 N–H and O–H groups in total. The van der Waals surface area contributed by atoms with Gasteiger partial charge in [-0.2, -0.15) is 0 Å². The van der Waals surface area contributed by atoms with E-state index in [4.69, 9.17) is 9.47 Å². The summed E-state index contributed by atoms with van der Waals surface area (Å²) in [6.45, 7) is 2.80. The van der Waals surface area contributed by atoms with Gasteiger partial charge in [-0.15, -0.1) is 0 Å². The maximum Gasteiger partial charge on any atom is 0.265 e. The van der Waals surface area contributed by atoms with Gasteiger partial charge in [-0.3, -0.25) is 4.79 Å². The van der Waals surface area contributed by atoms with Gasteiger partial charge in [0.2, 0.25) is 10.0 Å². The van der Waals surface area contributed by atoms with Gasteiger partial charge in [0, 0.05) is 18.8 Å². The SMILES string of the molecule is CC[C@H](Oc1ccccc1)C(=O)Nc1ccc(S(=O)(=O)NC[C@@H]2CCCO2)cc1. The molecule has 1 amide bonds. The molecule has 0 unspecified atom stereocenters. The van der Waals surface area contributed by atoms with Gasteiger partial charge in [-0.25, -0.2) is 13.1 Å². The van der Waals surface area contributed by atoms with Crippen LogP contribution in [0.25, 0.3) is 0 Å². The van der Waals surface area contributed by atoms with Crippen molar-refractivity contribution in [3.63, 3.8) is 0 Å². The monoisotopic (exact) mass is 418 g/mol. The third-order valence-electron chi connectivity index (χ3n) is 4.64. The second-order valence-electron chi connectivity index (χ2n) is 6.83. The van der Waals surface area contributed by atoms with Crippen LogP contribution >= 0.6 is 0 Å². The lowest BCUT2D eigenvalue weighted by Crippen LogP contribution is -2.32. The van der Waals surface area contributed by atoms with E-state index in [-0.39, 0.29) is 23.5 Å². The first-order chi connectivity index (χ1) is 14.0.